The van der Waals surface area contributed by atoms with Crippen LogP contribution in [0.5, 0.6) is 0 Å². The van der Waals surface area contributed by atoms with E-state index >= 15 is 0 Å². The number of carbonyl (C=O) groups is 3. The summed E-state index contributed by atoms with van der Waals surface area (Å²) in [5, 5.41) is 2.59. The second kappa shape index (κ2) is 4.44. The fraction of sp³-hybridized carbons (Fsp3) is 0.727. The predicted molar refractivity (Wildman–Crippen MR) is 58.2 cm³/mol. The lowest BCUT2D eigenvalue weighted by molar-refractivity contribution is -0.172. The van der Waals surface area contributed by atoms with Gasteiger partial charge in [-0.1, -0.05) is 0 Å². The van der Waals surface area contributed by atoms with Crippen molar-refractivity contribution in [3.8, 4) is 0 Å². The van der Waals surface area contributed by atoms with Crippen LogP contribution in [-0.2, 0) is 23.9 Å². The van der Waals surface area contributed by atoms with Gasteiger partial charge < -0.3 is 9.47 Å². The Morgan fingerprint density at radius 2 is 1.88 bits per heavy atom. The number of ketones is 1. The Morgan fingerprint density at radius 1 is 1.29 bits per heavy atom. The number of hydrogen-bond donors (Lipinski definition) is 1. The molecule has 1 rings (SSSR count). The van der Waals surface area contributed by atoms with Crippen LogP contribution in [0, 0.1) is 0 Å². The van der Waals surface area contributed by atoms with E-state index in [-0.39, 0.29) is 18.7 Å². The number of carbonyl (C=O) groups excluding carboxylic acids is 3. The Kier molecular flexibility index (Phi) is 3.56. The molecule has 0 bridgehead atoms. The molecule has 0 radical (unpaired) electrons. The number of methoxy groups -OCH3 is 1. The first-order valence-corrected chi connectivity index (χ1v) is 5.30. The largest absolute Gasteiger partial charge is 0.467 e. The number of esters is 2. The maximum atomic E-state index is 12.0. The normalized spacial score (nSPS) is 24.6. The molecule has 1 atom stereocenters. The van der Waals surface area contributed by atoms with Crippen LogP contribution < -0.4 is 5.32 Å². The molecule has 6 heteroatoms. The molecule has 1 saturated heterocycles. The van der Waals surface area contributed by atoms with Crippen LogP contribution in [0.1, 0.15) is 27.2 Å². The molecule has 0 aromatic rings. The Labute approximate surface area is 99.6 Å². The number of rotatable bonds is 2. The van der Waals surface area contributed by atoms with Gasteiger partial charge in [0.1, 0.15) is 11.4 Å². The third kappa shape index (κ3) is 2.82. The zero-order valence-electron chi connectivity index (χ0n) is 10.5. The monoisotopic (exact) mass is 243 g/mol. The summed E-state index contributed by atoms with van der Waals surface area (Å²) < 4.78 is 9.71. The molecule has 1 fully saturated rings. The molecule has 0 amide bonds. The molecule has 0 unspecified atom stereocenters. The summed E-state index contributed by atoms with van der Waals surface area (Å²) in [6.07, 6.45) is -0.228. The fourth-order valence-corrected chi connectivity index (χ4v) is 1.58. The first-order valence-electron chi connectivity index (χ1n) is 5.30. The summed E-state index contributed by atoms with van der Waals surface area (Å²) in [6, 6.07) is 0. The summed E-state index contributed by atoms with van der Waals surface area (Å²) in [4.78, 5) is 34.9. The van der Waals surface area contributed by atoms with Crippen LogP contribution in [0.15, 0.2) is 0 Å². The first-order chi connectivity index (χ1) is 7.71. The second-order valence-corrected chi connectivity index (χ2v) is 4.97. The summed E-state index contributed by atoms with van der Waals surface area (Å²) >= 11 is 0. The molecule has 1 heterocycles. The summed E-state index contributed by atoms with van der Waals surface area (Å²) in [6.45, 7) is 5.03. The van der Waals surface area contributed by atoms with Crippen molar-refractivity contribution in [1.82, 2.24) is 5.32 Å². The van der Waals surface area contributed by atoms with Gasteiger partial charge in [0.15, 0.2) is 0 Å². The van der Waals surface area contributed by atoms with E-state index in [4.69, 9.17) is 4.74 Å². The van der Waals surface area contributed by atoms with Crippen LogP contribution in [0.25, 0.3) is 0 Å². The van der Waals surface area contributed by atoms with Crippen molar-refractivity contribution in [3.63, 3.8) is 0 Å². The molecule has 17 heavy (non-hydrogen) atoms. The van der Waals surface area contributed by atoms with Crippen molar-refractivity contribution < 1.29 is 23.9 Å². The molecule has 0 saturated carbocycles. The van der Waals surface area contributed by atoms with Crippen LogP contribution in [0.3, 0.4) is 0 Å². The van der Waals surface area contributed by atoms with Crippen molar-refractivity contribution in [3.05, 3.63) is 0 Å². The van der Waals surface area contributed by atoms with Crippen LogP contribution in [0.2, 0.25) is 0 Å². The maximum absolute atomic E-state index is 12.0. The van der Waals surface area contributed by atoms with Crippen molar-refractivity contribution in [2.75, 3.05) is 13.7 Å². The van der Waals surface area contributed by atoms with Gasteiger partial charge in [0.25, 0.3) is 0 Å². The van der Waals surface area contributed by atoms with E-state index in [0.717, 1.165) is 0 Å². The van der Waals surface area contributed by atoms with Gasteiger partial charge in [0.05, 0.1) is 13.7 Å². The number of ether oxygens (including phenoxy) is 2. The molecule has 0 aromatic heterocycles. The maximum Gasteiger partial charge on any atom is 0.339 e. The Hall–Kier alpha value is -1.43. The van der Waals surface area contributed by atoms with E-state index in [1.54, 1.807) is 20.8 Å². The number of hydrogen-bond acceptors (Lipinski definition) is 6. The lowest BCUT2D eigenvalue weighted by Crippen LogP contribution is -2.57. The highest BCUT2D eigenvalue weighted by atomic mass is 16.6. The lowest BCUT2D eigenvalue weighted by Gasteiger charge is -2.28. The molecular weight excluding hydrogens is 226 g/mol. The highest BCUT2D eigenvalue weighted by Gasteiger charge is 2.54. The minimum Gasteiger partial charge on any atom is -0.467 e. The van der Waals surface area contributed by atoms with E-state index in [1.165, 1.54) is 7.11 Å². The van der Waals surface area contributed by atoms with E-state index in [0.29, 0.717) is 0 Å². The highest BCUT2D eigenvalue weighted by molar-refractivity contribution is 6.11. The molecule has 96 valence electrons. The molecule has 0 aromatic carbocycles. The summed E-state index contributed by atoms with van der Waals surface area (Å²) in [5.41, 5.74) is -2.41. The molecule has 1 aliphatic rings. The quantitative estimate of drug-likeness (QED) is 0.534. The van der Waals surface area contributed by atoms with E-state index in [2.05, 4.69) is 10.1 Å². The zero-order chi connectivity index (χ0) is 13.3. The van der Waals surface area contributed by atoms with Gasteiger partial charge in [-0.25, -0.2) is 9.59 Å². The van der Waals surface area contributed by atoms with E-state index < -0.39 is 23.1 Å². The van der Waals surface area contributed by atoms with Gasteiger partial charge in [-0.3, -0.25) is 10.1 Å². The smallest absolute Gasteiger partial charge is 0.339 e. The van der Waals surface area contributed by atoms with Gasteiger partial charge >= 0.3 is 11.9 Å². The Bertz CT molecular complexity index is 357. The van der Waals surface area contributed by atoms with Crippen LogP contribution in [0.4, 0.5) is 0 Å². The summed E-state index contributed by atoms with van der Waals surface area (Å²) in [5.74, 6) is -1.79. The van der Waals surface area contributed by atoms with Crippen molar-refractivity contribution in [2.24, 2.45) is 0 Å². The van der Waals surface area contributed by atoms with Gasteiger partial charge in [-0.05, 0) is 20.8 Å². The zero-order valence-corrected chi connectivity index (χ0v) is 10.5. The average Bonchev–Trinajstić information content (AvgIpc) is 2.58. The molecular formula is C11H17NO5. The minimum absolute atomic E-state index is 0.0334. The van der Waals surface area contributed by atoms with Crippen molar-refractivity contribution in [2.45, 2.75) is 38.3 Å². The lowest BCUT2D eigenvalue weighted by atomic mass is 9.97. The molecule has 6 nitrogen and oxygen atoms in total. The fourth-order valence-electron chi connectivity index (χ4n) is 1.58. The first kappa shape index (κ1) is 13.6. The third-order valence-electron chi connectivity index (χ3n) is 2.33. The van der Waals surface area contributed by atoms with Crippen LogP contribution >= 0.6 is 0 Å². The second-order valence-electron chi connectivity index (χ2n) is 4.97. The molecule has 0 spiro atoms. The number of nitrogens with one attached hydrogen (secondary N) is 1. The predicted octanol–water partition coefficient (Wildman–Crippen LogP) is -0.198. The highest BCUT2D eigenvalue weighted by Crippen LogP contribution is 2.23. The van der Waals surface area contributed by atoms with E-state index in [9.17, 15) is 14.4 Å². The van der Waals surface area contributed by atoms with Gasteiger partial charge in [-0.2, -0.15) is 0 Å². The SMILES string of the molecule is COC(=O)[C@]1(C(=O)OC(C)(C)C)CC(=O)CN1. The van der Waals surface area contributed by atoms with E-state index in [1.807, 2.05) is 0 Å². The topological polar surface area (TPSA) is 81.7 Å². The summed E-state index contributed by atoms with van der Waals surface area (Å²) in [7, 11) is 1.17. The van der Waals surface area contributed by atoms with Gasteiger partial charge in [0.2, 0.25) is 5.54 Å². The molecule has 1 N–H and O–H groups in total. The van der Waals surface area contributed by atoms with Crippen LogP contribution in [-0.4, -0.2) is 42.5 Å². The van der Waals surface area contributed by atoms with Crippen molar-refractivity contribution >= 4 is 17.7 Å². The average molecular weight is 243 g/mol. The molecule has 0 aliphatic carbocycles. The third-order valence-corrected chi connectivity index (χ3v) is 2.33. The van der Waals surface area contributed by atoms with Gasteiger partial charge in [-0.15, -0.1) is 0 Å². The van der Waals surface area contributed by atoms with Crippen molar-refractivity contribution in [1.29, 1.82) is 0 Å². The standard InChI is InChI=1S/C11H17NO5/c1-10(2,3)17-9(15)11(8(14)16-4)5-7(13)6-12-11/h12H,5-6H2,1-4H3/t11-/m0/s1. The number of Topliss-reactive ketones (excluding diaryl/α,β-unsaturated/α-hetero) is 1. The molecule has 1 aliphatic heterocycles. The van der Waals surface area contributed by atoms with Gasteiger partial charge in [0, 0.05) is 6.42 Å². The Balaban J connectivity index is 2.96. The Morgan fingerprint density at radius 3 is 2.24 bits per heavy atom. The minimum atomic E-state index is -1.68.